The van der Waals surface area contributed by atoms with E-state index in [1.54, 1.807) is 19.1 Å². The normalized spacial score (nSPS) is 16.4. The maximum absolute atomic E-state index is 12.6. The van der Waals surface area contributed by atoms with Gasteiger partial charge in [-0.15, -0.1) is 0 Å². The Morgan fingerprint density at radius 1 is 1.30 bits per heavy atom. The summed E-state index contributed by atoms with van der Waals surface area (Å²) in [5.74, 6) is -1.24. The lowest BCUT2D eigenvalue weighted by atomic mass is 10.00. The molecule has 0 aliphatic heterocycles. The van der Waals surface area contributed by atoms with E-state index in [0.717, 1.165) is 17.5 Å². The van der Waals surface area contributed by atoms with Gasteiger partial charge in [-0.05, 0) is 31.4 Å². The molecule has 0 radical (unpaired) electrons. The lowest BCUT2D eigenvalue weighted by Crippen LogP contribution is -2.61. The number of hydrogen-bond donors (Lipinski definition) is 2. The Labute approximate surface area is 116 Å². The van der Waals surface area contributed by atoms with E-state index < -0.39 is 23.7 Å². The van der Waals surface area contributed by atoms with Crippen LogP contribution in [0.5, 0.6) is 0 Å². The lowest BCUT2D eigenvalue weighted by molar-refractivity contribution is -0.187. The number of aryl methyl sites for hydroxylation is 1. The molecule has 1 aromatic carbocycles. The molecule has 0 bridgehead atoms. The zero-order valence-electron chi connectivity index (χ0n) is 11.7. The zero-order chi connectivity index (χ0) is 15.6. The standard InChI is InChI=1S/C14H19F3N2O/c1-4-10-5-7-11(8-6-10)9(2)19-12(20)13(3,18)14(15,16)17/h5-9H,4,18H2,1-3H3,(H,19,20). The Morgan fingerprint density at radius 3 is 2.20 bits per heavy atom. The van der Waals surface area contributed by atoms with Gasteiger partial charge in [0.2, 0.25) is 5.91 Å². The molecule has 0 aliphatic rings. The van der Waals surface area contributed by atoms with E-state index in [1.165, 1.54) is 0 Å². The van der Waals surface area contributed by atoms with E-state index >= 15 is 0 Å². The summed E-state index contributed by atoms with van der Waals surface area (Å²) in [5, 5.41) is 2.30. The summed E-state index contributed by atoms with van der Waals surface area (Å²) in [4.78, 5) is 11.7. The van der Waals surface area contributed by atoms with Gasteiger partial charge < -0.3 is 11.1 Å². The molecule has 0 saturated carbocycles. The number of carbonyl (C=O) groups excluding carboxylic acids is 1. The van der Waals surface area contributed by atoms with Gasteiger partial charge in [-0.25, -0.2) is 0 Å². The molecule has 3 N–H and O–H groups in total. The molecule has 1 rings (SSSR count). The quantitative estimate of drug-likeness (QED) is 0.895. The topological polar surface area (TPSA) is 55.1 Å². The summed E-state index contributed by atoms with van der Waals surface area (Å²) in [6.07, 6.45) is -3.92. The van der Waals surface area contributed by atoms with Crippen LogP contribution >= 0.6 is 0 Å². The van der Waals surface area contributed by atoms with Crippen molar-refractivity contribution < 1.29 is 18.0 Å². The van der Waals surface area contributed by atoms with Gasteiger partial charge in [-0.2, -0.15) is 13.2 Å². The van der Waals surface area contributed by atoms with Gasteiger partial charge in [0.25, 0.3) is 0 Å². The van der Waals surface area contributed by atoms with Crippen LogP contribution in [0.3, 0.4) is 0 Å². The Balaban J connectivity index is 2.79. The predicted molar refractivity (Wildman–Crippen MR) is 71.0 cm³/mol. The average Bonchev–Trinajstić information content (AvgIpc) is 2.37. The highest BCUT2D eigenvalue weighted by Gasteiger charge is 2.54. The van der Waals surface area contributed by atoms with Gasteiger partial charge in [0, 0.05) is 0 Å². The Hall–Kier alpha value is -1.56. The molecule has 2 atom stereocenters. The van der Waals surface area contributed by atoms with Crippen molar-refractivity contribution in [2.75, 3.05) is 0 Å². The van der Waals surface area contributed by atoms with Gasteiger partial charge >= 0.3 is 6.18 Å². The fraction of sp³-hybridized carbons (Fsp3) is 0.500. The molecule has 0 saturated heterocycles. The largest absolute Gasteiger partial charge is 0.415 e. The monoisotopic (exact) mass is 288 g/mol. The van der Waals surface area contributed by atoms with E-state index in [9.17, 15) is 18.0 Å². The molecule has 0 spiro atoms. The number of rotatable bonds is 4. The number of hydrogen-bond acceptors (Lipinski definition) is 2. The van der Waals surface area contributed by atoms with Crippen LogP contribution in [0.2, 0.25) is 0 Å². The molecule has 0 fully saturated rings. The third-order valence-electron chi connectivity index (χ3n) is 3.30. The van der Waals surface area contributed by atoms with Crippen LogP contribution in [0.25, 0.3) is 0 Å². The van der Waals surface area contributed by atoms with E-state index in [1.807, 2.05) is 19.1 Å². The summed E-state index contributed by atoms with van der Waals surface area (Å²) in [6.45, 7) is 4.28. The maximum Gasteiger partial charge on any atom is 0.415 e. The van der Waals surface area contributed by atoms with Crippen LogP contribution < -0.4 is 11.1 Å². The molecule has 20 heavy (non-hydrogen) atoms. The second-order valence-corrected chi connectivity index (χ2v) is 4.99. The van der Waals surface area contributed by atoms with Gasteiger partial charge in [0.05, 0.1) is 6.04 Å². The van der Waals surface area contributed by atoms with Gasteiger partial charge in [0.1, 0.15) is 0 Å². The van der Waals surface area contributed by atoms with Crippen molar-refractivity contribution in [3.8, 4) is 0 Å². The second-order valence-electron chi connectivity index (χ2n) is 4.99. The maximum atomic E-state index is 12.6. The van der Waals surface area contributed by atoms with Crippen molar-refractivity contribution in [3.63, 3.8) is 0 Å². The summed E-state index contributed by atoms with van der Waals surface area (Å²) in [6, 6.07) is 6.78. The molecule has 0 heterocycles. The minimum absolute atomic E-state index is 0.543. The highest BCUT2D eigenvalue weighted by Crippen LogP contribution is 2.28. The van der Waals surface area contributed by atoms with Crippen molar-refractivity contribution in [2.45, 2.75) is 44.9 Å². The van der Waals surface area contributed by atoms with Gasteiger partial charge in [0.15, 0.2) is 5.54 Å². The smallest absolute Gasteiger partial charge is 0.348 e. The average molecular weight is 288 g/mol. The van der Waals surface area contributed by atoms with Crippen LogP contribution in [0.15, 0.2) is 24.3 Å². The minimum Gasteiger partial charge on any atom is -0.348 e. The van der Waals surface area contributed by atoms with Crippen LogP contribution in [-0.4, -0.2) is 17.6 Å². The highest BCUT2D eigenvalue weighted by atomic mass is 19.4. The fourth-order valence-corrected chi connectivity index (χ4v) is 1.60. The third kappa shape index (κ3) is 3.50. The molecule has 0 aliphatic carbocycles. The summed E-state index contributed by atoms with van der Waals surface area (Å²) in [5.41, 5.74) is 4.02. The van der Waals surface area contributed by atoms with Crippen molar-refractivity contribution in [1.82, 2.24) is 5.32 Å². The zero-order valence-corrected chi connectivity index (χ0v) is 11.7. The van der Waals surface area contributed by atoms with Crippen molar-refractivity contribution in [2.24, 2.45) is 5.73 Å². The van der Waals surface area contributed by atoms with Crippen molar-refractivity contribution >= 4 is 5.91 Å². The molecular weight excluding hydrogens is 269 g/mol. The van der Waals surface area contributed by atoms with Crippen LogP contribution in [0, 0.1) is 0 Å². The first kappa shape index (κ1) is 16.5. The number of carbonyl (C=O) groups is 1. The molecule has 2 unspecified atom stereocenters. The molecule has 0 aromatic heterocycles. The number of nitrogens with one attached hydrogen (secondary N) is 1. The number of amides is 1. The van der Waals surface area contributed by atoms with Crippen LogP contribution in [-0.2, 0) is 11.2 Å². The van der Waals surface area contributed by atoms with Crippen molar-refractivity contribution in [3.05, 3.63) is 35.4 Å². The molecule has 6 heteroatoms. The van der Waals surface area contributed by atoms with E-state index in [4.69, 9.17) is 5.73 Å². The van der Waals surface area contributed by atoms with E-state index in [2.05, 4.69) is 5.32 Å². The number of halogens is 3. The SMILES string of the molecule is CCc1ccc(C(C)NC(=O)C(C)(N)C(F)(F)F)cc1. The summed E-state index contributed by atoms with van der Waals surface area (Å²) < 4.78 is 37.9. The summed E-state index contributed by atoms with van der Waals surface area (Å²) in [7, 11) is 0. The Kier molecular flexibility index (Phi) is 4.81. The van der Waals surface area contributed by atoms with Gasteiger partial charge in [-0.3, -0.25) is 4.79 Å². The third-order valence-corrected chi connectivity index (χ3v) is 3.30. The van der Waals surface area contributed by atoms with E-state index in [-0.39, 0.29) is 0 Å². The first-order valence-electron chi connectivity index (χ1n) is 6.35. The van der Waals surface area contributed by atoms with E-state index in [0.29, 0.717) is 6.92 Å². The van der Waals surface area contributed by atoms with Gasteiger partial charge in [-0.1, -0.05) is 31.2 Å². The molecule has 112 valence electrons. The Bertz CT molecular complexity index is 466. The second kappa shape index (κ2) is 5.83. The molecule has 3 nitrogen and oxygen atoms in total. The lowest BCUT2D eigenvalue weighted by Gasteiger charge is -2.28. The predicted octanol–water partition coefficient (Wildman–Crippen LogP) is 2.71. The molecule has 1 amide bonds. The fourth-order valence-electron chi connectivity index (χ4n) is 1.60. The van der Waals surface area contributed by atoms with Crippen LogP contribution in [0.1, 0.15) is 37.9 Å². The molecular formula is C14H19F3N2O. The Morgan fingerprint density at radius 2 is 1.80 bits per heavy atom. The molecule has 1 aromatic rings. The highest BCUT2D eigenvalue weighted by molar-refractivity contribution is 5.86. The summed E-state index contributed by atoms with van der Waals surface area (Å²) >= 11 is 0. The number of alkyl halides is 3. The minimum atomic E-state index is -4.79. The van der Waals surface area contributed by atoms with Crippen LogP contribution in [0.4, 0.5) is 13.2 Å². The first-order chi connectivity index (χ1) is 9.09. The number of benzene rings is 1. The number of nitrogens with two attached hydrogens (primary N) is 1. The first-order valence-corrected chi connectivity index (χ1v) is 6.35. The van der Waals surface area contributed by atoms with Crippen molar-refractivity contribution in [1.29, 1.82) is 0 Å².